The van der Waals surface area contributed by atoms with E-state index in [1.54, 1.807) is 13.0 Å². The Bertz CT molecular complexity index is 1260. The number of carbonyl (C=O) groups excluding carboxylic acids is 2. The molecular formula is C24H24ClF3N4O4S. The summed E-state index contributed by atoms with van der Waals surface area (Å²) in [4.78, 5) is 38.4. The Labute approximate surface area is 219 Å². The number of halogens is 4. The van der Waals surface area contributed by atoms with Crippen LogP contribution in [0, 0.1) is 0 Å². The summed E-state index contributed by atoms with van der Waals surface area (Å²) in [6.07, 6.45) is -4.36. The van der Waals surface area contributed by atoms with Crippen molar-refractivity contribution in [2.24, 2.45) is 0 Å². The van der Waals surface area contributed by atoms with Crippen molar-refractivity contribution in [1.82, 2.24) is 20.9 Å². The number of thiazole rings is 1. The lowest BCUT2D eigenvalue weighted by molar-refractivity contribution is -0.192. The van der Waals surface area contributed by atoms with Crippen molar-refractivity contribution in [3.05, 3.63) is 64.1 Å². The molecule has 8 nitrogen and oxygen atoms in total. The highest BCUT2D eigenvalue weighted by atomic mass is 35.5. The van der Waals surface area contributed by atoms with Crippen LogP contribution in [-0.2, 0) is 20.9 Å². The Kier molecular flexibility index (Phi) is 9.46. The smallest absolute Gasteiger partial charge is 0.475 e. The van der Waals surface area contributed by atoms with Crippen LogP contribution in [0.4, 0.5) is 13.2 Å². The first-order chi connectivity index (χ1) is 17.5. The van der Waals surface area contributed by atoms with Gasteiger partial charge in [0.25, 0.3) is 0 Å². The molecule has 3 atom stereocenters. The van der Waals surface area contributed by atoms with Crippen molar-refractivity contribution in [3.8, 4) is 0 Å². The van der Waals surface area contributed by atoms with E-state index < -0.39 is 18.2 Å². The number of nitrogens with zero attached hydrogens (tertiary/aromatic N) is 1. The van der Waals surface area contributed by atoms with E-state index in [4.69, 9.17) is 21.5 Å². The predicted molar refractivity (Wildman–Crippen MR) is 133 cm³/mol. The molecular weight excluding hydrogens is 533 g/mol. The zero-order valence-electron chi connectivity index (χ0n) is 19.5. The molecule has 0 radical (unpaired) electrons. The van der Waals surface area contributed by atoms with Gasteiger partial charge in [0.2, 0.25) is 11.8 Å². The SMILES string of the molecule is C[C@H](NC(=O)[C@H]1C[C@H](c2ccccc2)CN1)C(=O)NCc1nc2c(Cl)cccc2s1.O=C(O)C(F)(F)F. The average molecular weight is 557 g/mol. The molecule has 3 aromatic rings. The highest BCUT2D eigenvalue weighted by Crippen LogP contribution is 2.28. The van der Waals surface area contributed by atoms with Gasteiger partial charge in [-0.05, 0) is 37.0 Å². The van der Waals surface area contributed by atoms with Gasteiger partial charge >= 0.3 is 12.1 Å². The van der Waals surface area contributed by atoms with Crippen LogP contribution in [0.1, 0.15) is 29.8 Å². The molecule has 2 amide bonds. The van der Waals surface area contributed by atoms with Gasteiger partial charge in [-0.1, -0.05) is 48.0 Å². The lowest BCUT2D eigenvalue weighted by Gasteiger charge is -2.17. The van der Waals surface area contributed by atoms with Gasteiger partial charge in [0.1, 0.15) is 16.6 Å². The molecule has 1 saturated heterocycles. The number of hydrogen-bond acceptors (Lipinski definition) is 6. The standard InChI is InChI=1S/C22H23ClN4O2S.C2HF3O2/c1-13(21(28)25-12-19-27-20-16(23)8-5-9-18(20)30-19)26-22(29)17-10-15(11-24-17)14-6-3-2-4-7-14;3-2(4,5)1(6)7/h2-9,13,15,17,24H,10-12H2,1H3,(H,25,28)(H,26,29);(H,6,7)/t13-,15-,17+;/m0./s1. The average Bonchev–Trinajstić information content (AvgIpc) is 3.51. The van der Waals surface area contributed by atoms with Crippen molar-refractivity contribution in [2.75, 3.05) is 6.54 Å². The van der Waals surface area contributed by atoms with Gasteiger partial charge in [-0.15, -0.1) is 11.3 Å². The third-order valence-corrected chi connectivity index (χ3v) is 6.87. The molecule has 0 aliphatic carbocycles. The summed E-state index contributed by atoms with van der Waals surface area (Å²) in [5, 5.41) is 17.4. The number of amides is 2. The van der Waals surface area contributed by atoms with Crippen molar-refractivity contribution < 1.29 is 32.7 Å². The number of carboxylic acid groups (broad SMARTS) is 1. The lowest BCUT2D eigenvalue weighted by atomic mass is 9.96. The first kappa shape index (κ1) is 28.4. The van der Waals surface area contributed by atoms with Crippen molar-refractivity contribution in [1.29, 1.82) is 0 Å². The monoisotopic (exact) mass is 556 g/mol. The molecule has 1 aliphatic rings. The zero-order valence-corrected chi connectivity index (χ0v) is 21.1. The van der Waals surface area contributed by atoms with E-state index in [1.807, 2.05) is 30.3 Å². The molecule has 37 heavy (non-hydrogen) atoms. The number of carboxylic acids is 1. The Balaban J connectivity index is 0.000000479. The third kappa shape index (κ3) is 7.88. The van der Waals surface area contributed by atoms with Crippen LogP contribution in [0.2, 0.25) is 5.02 Å². The van der Waals surface area contributed by atoms with Crippen LogP contribution in [0.15, 0.2) is 48.5 Å². The van der Waals surface area contributed by atoms with Crippen LogP contribution >= 0.6 is 22.9 Å². The highest BCUT2D eigenvalue weighted by Gasteiger charge is 2.38. The summed E-state index contributed by atoms with van der Waals surface area (Å²) >= 11 is 7.65. The fraction of sp³-hybridized carbons (Fsp3) is 0.333. The van der Waals surface area contributed by atoms with Crippen molar-refractivity contribution in [3.63, 3.8) is 0 Å². The largest absolute Gasteiger partial charge is 0.490 e. The van der Waals surface area contributed by atoms with Gasteiger partial charge in [0.05, 0.1) is 22.3 Å². The Hall–Kier alpha value is -3.22. The van der Waals surface area contributed by atoms with E-state index in [0.717, 1.165) is 28.2 Å². The molecule has 4 N–H and O–H groups in total. The number of para-hydroxylation sites is 1. The quantitative estimate of drug-likeness (QED) is 0.366. The first-order valence-electron chi connectivity index (χ1n) is 11.2. The summed E-state index contributed by atoms with van der Waals surface area (Å²) in [7, 11) is 0. The van der Waals surface area contributed by atoms with Gasteiger partial charge in [-0.25, -0.2) is 9.78 Å². The van der Waals surface area contributed by atoms with Crippen LogP contribution in [0.3, 0.4) is 0 Å². The summed E-state index contributed by atoms with van der Waals surface area (Å²) in [5.74, 6) is -2.85. The molecule has 0 bridgehead atoms. The number of aliphatic carboxylic acids is 1. The maximum Gasteiger partial charge on any atom is 0.490 e. The van der Waals surface area contributed by atoms with Crippen molar-refractivity contribution in [2.45, 2.75) is 44.1 Å². The third-order valence-electron chi connectivity index (χ3n) is 5.54. The van der Waals surface area contributed by atoms with Gasteiger partial charge < -0.3 is 21.1 Å². The minimum Gasteiger partial charge on any atom is -0.475 e. The predicted octanol–water partition coefficient (Wildman–Crippen LogP) is 3.85. The second kappa shape index (κ2) is 12.3. The number of aromatic nitrogens is 1. The zero-order chi connectivity index (χ0) is 27.2. The lowest BCUT2D eigenvalue weighted by Crippen LogP contribution is -2.49. The number of rotatable bonds is 6. The molecule has 198 valence electrons. The van der Waals surface area contributed by atoms with Gasteiger partial charge in [-0.2, -0.15) is 13.2 Å². The van der Waals surface area contributed by atoms with Crippen molar-refractivity contribution >= 4 is 50.9 Å². The maximum absolute atomic E-state index is 12.6. The van der Waals surface area contributed by atoms with E-state index in [9.17, 15) is 22.8 Å². The highest BCUT2D eigenvalue weighted by molar-refractivity contribution is 7.18. The van der Waals surface area contributed by atoms with Gasteiger partial charge in [-0.3, -0.25) is 9.59 Å². The molecule has 13 heteroatoms. The van der Waals surface area contributed by atoms with E-state index in [2.05, 4.69) is 33.1 Å². The minimum atomic E-state index is -5.08. The van der Waals surface area contributed by atoms with Crippen LogP contribution in [0.25, 0.3) is 10.2 Å². The molecule has 4 rings (SSSR count). The molecule has 0 spiro atoms. The number of fused-ring (bicyclic) bond motifs is 1. The molecule has 1 fully saturated rings. The van der Waals surface area contributed by atoms with E-state index >= 15 is 0 Å². The number of nitrogens with one attached hydrogen (secondary N) is 3. The maximum atomic E-state index is 12.6. The molecule has 2 heterocycles. The topological polar surface area (TPSA) is 120 Å². The Morgan fingerprint density at radius 2 is 1.86 bits per heavy atom. The van der Waals surface area contributed by atoms with E-state index in [-0.39, 0.29) is 17.9 Å². The van der Waals surface area contributed by atoms with Gasteiger partial charge in [0, 0.05) is 6.54 Å². The molecule has 1 aromatic heterocycles. The second-order valence-corrected chi connectivity index (χ2v) is 9.77. The van der Waals surface area contributed by atoms with Crippen LogP contribution < -0.4 is 16.0 Å². The Morgan fingerprint density at radius 3 is 2.49 bits per heavy atom. The normalized spacial score (nSPS) is 18.0. The summed E-state index contributed by atoms with van der Waals surface area (Å²) in [5.41, 5.74) is 1.97. The summed E-state index contributed by atoms with van der Waals surface area (Å²) < 4.78 is 32.7. The number of benzene rings is 2. The number of alkyl halides is 3. The van der Waals surface area contributed by atoms with E-state index in [0.29, 0.717) is 17.5 Å². The second-order valence-electron chi connectivity index (χ2n) is 8.25. The summed E-state index contributed by atoms with van der Waals surface area (Å²) in [6.45, 7) is 2.74. The van der Waals surface area contributed by atoms with Gasteiger partial charge in [0.15, 0.2) is 0 Å². The molecule has 0 unspecified atom stereocenters. The van der Waals surface area contributed by atoms with Crippen LogP contribution in [-0.4, -0.2) is 52.7 Å². The molecule has 2 aromatic carbocycles. The number of hydrogen-bond donors (Lipinski definition) is 4. The van der Waals surface area contributed by atoms with Crippen LogP contribution in [0.5, 0.6) is 0 Å². The Morgan fingerprint density at radius 1 is 1.19 bits per heavy atom. The van der Waals surface area contributed by atoms with E-state index in [1.165, 1.54) is 16.9 Å². The summed E-state index contributed by atoms with van der Waals surface area (Å²) in [6, 6.07) is 14.9. The fourth-order valence-electron chi connectivity index (χ4n) is 3.65. The first-order valence-corrected chi connectivity index (χ1v) is 12.4. The molecule has 1 aliphatic heterocycles. The number of carbonyl (C=O) groups is 3. The fourth-order valence-corrected chi connectivity index (χ4v) is 4.85. The minimum absolute atomic E-state index is 0.150. The molecule has 0 saturated carbocycles.